The third kappa shape index (κ3) is 5.24. The number of benzene rings is 1. The van der Waals surface area contributed by atoms with Crippen LogP contribution in [0.15, 0.2) is 24.3 Å². The van der Waals surface area contributed by atoms with Crippen LogP contribution in [-0.4, -0.2) is 47.5 Å². The van der Waals surface area contributed by atoms with Crippen LogP contribution in [0.1, 0.15) is 34.1 Å². The fraction of sp³-hybridized carbons (Fsp3) is 0.500. The summed E-state index contributed by atoms with van der Waals surface area (Å²) in [4.78, 5) is 50.4. The van der Waals surface area contributed by atoms with Crippen LogP contribution in [0.5, 0.6) is 0 Å². The molecule has 158 valence electrons. The second-order valence-corrected chi connectivity index (χ2v) is 7.53. The number of anilines is 2. The van der Waals surface area contributed by atoms with Crippen molar-refractivity contribution in [3.63, 3.8) is 0 Å². The molecule has 1 aliphatic heterocycles. The number of carbonyl (C=O) groups is 4. The first-order valence-corrected chi connectivity index (χ1v) is 9.65. The molecule has 0 bridgehead atoms. The molecule has 0 unspecified atom stereocenters. The van der Waals surface area contributed by atoms with Gasteiger partial charge in [0, 0.05) is 0 Å². The number of carboxylic acids is 1. The van der Waals surface area contributed by atoms with Crippen molar-refractivity contribution < 1.29 is 24.3 Å². The molecule has 3 atom stereocenters. The SMILES string of the molecule is CC[C@H](C)[C@H](NC(=O)N1CC(=O)Nc2ccccc21)C(=O)N[C@H](C(=O)O)C(C)C. The molecule has 29 heavy (non-hydrogen) atoms. The van der Waals surface area contributed by atoms with Crippen LogP contribution in [0.3, 0.4) is 0 Å². The highest BCUT2D eigenvalue weighted by Crippen LogP contribution is 2.29. The van der Waals surface area contributed by atoms with Crippen molar-refractivity contribution in [1.82, 2.24) is 10.6 Å². The molecule has 0 saturated carbocycles. The van der Waals surface area contributed by atoms with E-state index in [1.807, 2.05) is 6.92 Å². The maximum Gasteiger partial charge on any atom is 0.326 e. The van der Waals surface area contributed by atoms with Crippen LogP contribution in [0.2, 0.25) is 0 Å². The Labute approximate surface area is 169 Å². The summed E-state index contributed by atoms with van der Waals surface area (Å²) in [5.41, 5.74) is 1.03. The van der Waals surface area contributed by atoms with E-state index in [1.165, 1.54) is 4.90 Å². The predicted molar refractivity (Wildman–Crippen MR) is 109 cm³/mol. The van der Waals surface area contributed by atoms with E-state index in [0.717, 1.165) is 0 Å². The quantitative estimate of drug-likeness (QED) is 0.551. The number of rotatable bonds is 7. The van der Waals surface area contributed by atoms with Crippen molar-refractivity contribution in [2.24, 2.45) is 11.8 Å². The maximum absolute atomic E-state index is 12.9. The summed E-state index contributed by atoms with van der Waals surface area (Å²) >= 11 is 0. The van der Waals surface area contributed by atoms with Crippen molar-refractivity contribution in [3.05, 3.63) is 24.3 Å². The van der Waals surface area contributed by atoms with E-state index in [1.54, 1.807) is 45.0 Å². The minimum atomic E-state index is -1.13. The molecule has 0 aromatic heterocycles. The van der Waals surface area contributed by atoms with Gasteiger partial charge in [-0.15, -0.1) is 0 Å². The molecule has 0 radical (unpaired) electrons. The Kier molecular flexibility index (Phi) is 7.19. The van der Waals surface area contributed by atoms with Gasteiger partial charge in [-0.3, -0.25) is 14.5 Å². The molecule has 4 N–H and O–H groups in total. The van der Waals surface area contributed by atoms with Gasteiger partial charge in [-0.05, 0) is 24.0 Å². The van der Waals surface area contributed by atoms with Crippen LogP contribution in [0.25, 0.3) is 0 Å². The second-order valence-electron chi connectivity index (χ2n) is 7.53. The van der Waals surface area contributed by atoms with Crippen molar-refractivity contribution in [2.45, 2.75) is 46.2 Å². The fourth-order valence-corrected chi connectivity index (χ4v) is 3.08. The molecule has 1 aromatic carbocycles. The summed E-state index contributed by atoms with van der Waals surface area (Å²) in [6.07, 6.45) is 0.592. The Hall–Kier alpha value is -3.10. The highest BCUT2D eigenvalue weighted by molar-refractivity contribution is 6.10. The zero-order valence-electron chi connectivity index (χ0n) is 17.1. The molecule has 1 aliphatic rings. The molecule has 0 spiro atoms. The molecular formula is C20H28N4O5. The van der Waals surface area contributed by atoms with E-state index < -0.39 is 30.0 Å². The molecule has 4 amide bonds. The standard InChI is InChI=1S/C20H28N4O5/c1-5-12(4)17(18(26)22-16(11(2)3)19(27)28)23-20(29)24-10-15(25)21-13-8-6-7-9-14(13)24/h6-9,11-12,16-17H,5,10H2,1-4H3,(H,21,25)(H,22,26)(H,23,29)(H,27,28)/t12-,16-,17-/m0/s1. The molecule has 0 saturated heterocycles. The van der Waals surface area contributed by atoms with Crippen LogP contribution in [0.4, 0.5) is 16.2 Å². The Morgan fingerprint density at radius 2 is 1.79 bits per heavy atom. The van der Waals surface area contributed by atoms with Crippen LogP contribution in [-0.2, 0) is 14.4 Å². The topological polar surface area (TPSA) is 128 Å². The van der Waals surface area contributed by atoms with Crippen LogP contribution >= 0.6 is 0 Å². The average molecular weight is 404 g/mol. The van der Waals surface area contributed by atoms with E-state index in [2.05, 4.69) is 16.0 Å². The van der Waals surface area contributed by atoms with Gasteiger partial charge in [0.2, 0.25) is 11.8 Å². The number of para-hydroxylation sites is 2. The average Bonchev–Trinajstić information content (AvgIpc) is 2.67. The number of hydrogen-bond donors (Lipinski definition) is 4. The number of nitrogens with one attached hydrogen (secondary N) is 3. The van der Waals surface area contributed by atoms with Gasteiger partial charge in [-0.1, -0.05) is 46.2 Å². The van der Waals surface area contributed by atoms with Crippen molar-refractivity contribution >= 4 is 35.2 Å². The third-order valence-electron chi connectivity index (χ3n) is 5.02. The molecular weight excluding hydrogens is 376 g/mol. The molecule has 2 rings (SSSR count). The van der Waals surface area contributed by atoms with Gasteiger partial charge < -0.3 is 21.1 Å². The van der Waals surface area contributed by atoms with Crippen LogP contribution < -0.4 is 20.9 Å². The van der Waals surface area contributed by atoms with Gasteiger partial charge in [-0.25, -0.2) is 9.59 Å². The van der Waals surface area contributed by atoms with E-state index >= 15 is 0 Å². The Bertz CT molecular complexity index is 795. The maximum atomic E-state index is 12.9. The van der Waals surface area contributed by atoms with Crippen molar-refractivity contribution in [1.29, 1.82) is 0 Å². The van der Waals surface area contributed by atoms with Gasteiger partial charge in [-0.2, -0.15) is 0 Å². The van der Waals surface area contributed by atoms with Gasteiger partial charge in [0.15, 0.2) is 0 Å². The summed E-state index contributed by atoms with van der Waals surface area (Å²) in [5, 5.41) is 17.2. The number of hydrogen-bond acceptors (Lipinski definition) is 4. The number of carboxylic acid groups (broad SMARTS) is 1. The van der Waals surface area contributed by atoms with E-state index in [0.29, 0.717) is 17.8 Å². The first kappa shape index (κ1) is 22.2. The molecule has 9 nitrogen and oxygen atoms in total. The Morgan fingerprint density at radius 3 is 2.38 bits per heavy atom. The smallest absolute Gasteiger partial charge is 0.326 e. The second kappa shape index (κ2) is 9.40. The summed E-state index contributed by atoms with van der Waals surface area (Å²) in [6, 6.07) is 4.28. The normalized spacial score (nSPS) is 16.3. The highest BCUT2D eigenvalue weighted by atomic mass is 16.4. The van der Waals surface area contributed by atoms with Crippen molar-refractivity contribution in [2.75, 3.05) is 16.8 Å². The third-order valence-corrected chi connectivity index (χ3v) is 5.02. The Morgan fingerprint density at radius 1 is 1.14 bits per heavy atom. The van der Waals surface area contributed by atoms with Crippen LogP contribution in [0, 0.1) is 11.8 Å². The molecule has 0 fully saturated rings. The Balaban J connectivity index is 2.22. The zero-order valence-corrected chi connectivity index (χ0v) is 17.1. The molecule has 9 heteroatoms. The first-order chi connectivity index (χ1) is 13.6. The largest absolute Gasteiger partial charge is 0.480 e. The number of nitrogens with zero attached hydrogens (tertiary/aromatic N) is 1. The minimum absolute atomic E-state index is 0.179. The summed E-state index contributed by atoms with van der Waals surface area (Å²) in [7, 11) is 0. The summed E-state index contributed by atoms with van der Waals surface area (Å²) < 4.78 is 0. The molecule has 0 aliphatic carbocycles. The lowest BCUT2D eigenvalue weighted by atomic mass is 9.97. The van der Waals surface area contributed by atoms with E-state index in [9.17, 15) is 24.3 Å². The van der Waals surface area contributed by atoms with E-state index in [-0.39, 0.29) is 24.3 Å². The van der Waals surface area contributed by atoms with E-state index in [4.69, 9.17) is 0 Å². The lowest BCUT2D eigenvalue weighted by molar-refractivity contribution is -0.143. The molecule has 1 aromatic rings. The highest BCUT2D eigenvalue weighted by Gasteiger charge is 2.34. The number of fused-ring (bicyclic) bond motifs is 1. The number of urea groups is 1. The lowest BCUT2D eigenvalue weighted by Gasteiger charge is -2.32. The van der Waals surface area contributed by atoms with Gasteiger partial charge in [0.25, 0.3) is 0 Å². The van der Waals surface area contributed by atoms with Gasteiger partial charge >= 0.3 is 12.0 Å². The number of aliphatic carboxylic acids is 1. The van der Waals surface area contributed by atoms with Gasteiger partial charge in [0.1, 0.15) is 18.6 Å². The van der Waals surface area contributed by atoms with Gasteiger partial charge in [0.05, 0.1) is 11.4 Å². The first-order valence-electron chi connectivity index (χ1n) is 9.65. The minimum Gasteiger partial charge on any atom is -0.480 e. The zero-order chi connectivity index (χ0) is 21.7. The monoisotopic (exact) mass is 404 g/mol. The predicted octanol–water partition coefficient (Wildman–Crippen LogP) is 1.79. The summed E-state index contributed by atoms with van der Waals surface area (Å²) in [6.45, 7) is 6.88. The fourth-order valence-electron chi connectivity index (χ4n) is 3.08. The number of amides is 4. The number of carbonyl (C=O) groups excluding carboxylic acids is 3. The van der Waals surface area contributed by atoms with Crippen molar-refractivity contribution in [3.8, 4) is 0 Å². The molecule has 1 heterocycles. The summed E-state index contributed by atoms with van der Waals surface area (Å²) in [5.74, 6) is -2.60. The lowest BCUT2D eigenvalue weighted by Crippen LogP contribution is -2.58.